The number of carboxylic acid groups (broad SMARTS) is 1. The van der Waals surface area contributed by atoms with E-state index in [9.17, 15) is 9.59 Å². The second-order valence-corrected chi connectivity index (χ2v) is 3.32. The van der Waals surface area contributed by atoms with Crippen LogP contribution in [0.1, 0.15) is 19.8 Å². The summed E-state index contributed by atoms with van der Waals surface area (Å²) in [7, 11) is 0. The molecule has 3 N–H and O–H groups in total. The standard InChI is InChI=1S/C8H14N2O3.H2S/c1-5(9)7(11)10-4-2-3-6(10)8(12)13;/h5-6H,2-4,9H2,1H3,(H,12,13);1H2. The average molecular weight is 220 g/mol. The quantitative estimate of drug-likeness (QED) is 0.658. The molecule has 0 bridgehead atoms. The van der Waals surface area contributed by atoms with E-state index in [1.807, 2.05) is 0 Å². The van der Waals surface area contributed by atoms with Crippen LogP contribution in [0.15, 0.2) is 0 Å². The van der Waals surface area contributed by atoms with Crippen molar-refractivity contribution in [1.29, 1.82) is 0 Å². The first-order chi connectivity index (χ1) is 6.04. The Morgan fingerprint density at radius 1 is 1.57 bits per heavy atom. The molecule has 1 rings (SSSR count). The zero-order chi connectivity index (χ0) is 10.0. The molecule has 0 radical (unpaired) electrons. The lowest BCUT2D eigenvalue weighted by Crippen LogP contribution is -2.47. The van der Waals surface area contributed by atoms with Crippen molar-refractivity contribution in [1.82, 2.24) is 4.90 Å². The lowest BCUT2D eigenvalue weighted by atomic mass is 10.2. The number of aliphatic carboxylic acids is 1. The number of likely N-dealkylation sites (tertiary alicyclic amines) is 1. The summed E-state index contributed by atoms with van der Waals surface area (Å²) < 4.78 is 0. The molecular weight excluding hydrogens is 204 g/mol. The van der Waals surface area contributed by atoms with Crippen LogP contribution in [0, 0.1) is 0 Å². The molecule has 0 aromatic heterocycles. The van der Waals surface area contributed by atoms with Gasteiger partial charge in [0.1, 0.15) is 6.04 Å². The Balaban J connectivity index is 0.00000169. The van der Waals surface area contributed by atoms with Crippen LogP contribution in [-0.2, 0) is 9.59 Å². The molecule has 14 heavy (non-hydrogen) atoms. The maximum atomic E-state index is 11.4. The second-order valence-electron chi connectivity index (χ2n) is 3.32. The van der Waals surface area contributed by atoms with Crippen LogP contribution < -0.4 is 5.73 Å². The Labute approximate surface area is 89.7 Å². The van der Waals surface area contributed by atoms with E-state index >= 15 is 0 Å². The monoisotopic (exact) mass is 220 g/mol. The van der Waals surface area contributed by atoms with Gasteiger partial charge in [0.15, 0.2) is 0 Å². The third kappa shape index (κ3) is 2.62. The zero-order valence-corrected chi connectivity index (χ0v) is 9.06. The van der Waals surface area contributed by atoms with Gasteiger partial charge in [-0.05, 0) is 19.8 Å². The van der Waals surface area contributed by atoms with Crippen molar-refractivity contribution in [3.8, 4) is 0 Å². The van der Waals surface area contributed by atoms with Crippen LogP contribution in [0.2, 0.25) is 0 Å². The number of carbonyl (C=O) groups is 2. The van der Waals surface area contributed by atoms with Crippen LogP contribution in [-0.4, -0.2) is 40.5 Å². The minimum atomic E-state index is -0.938. The summed E-state index contributed by atoms with van der Waals surface area (Å²) in [4.78, 5) is 23.5. The smallest absolute Gasteiger partial charge is 0.326 e. The molecule has 1 amide bonds. The fraction of sp³-hybridized carbons (Fsp3) is 0.750. The molecule has 1 aliphatic rings. The first-order valence-electron chi connectivity index (χ1n) is 4.33. The summed E-state index contributed by atoms with van der Waals surface area (Å²) in [6, 6.07) is -1.28. The van der Waals surface area contributed by atoms with Crippen LogP contribution in [0.5, 0.6) is 0 Å². The van der Waals surface area contributed by atoms with E-state index in [1.54, 1.807) is 6.92 Å². The molecule has 1 saturated heterocycles. The van der Waals surface area contributed by atoms with E-state index in [-0.39, 0.29) is 19.4 Å². The van der Waals surface area contributed by atoms with E-state index in [1.165, 1.54) is 4.90 Å². The third-order valence-electron chi connectivity index (χ3n) is 2.21. The number of rotatable bonds is 2. The highest BCUT2D eigenvalue weighted by molar-refractivity contribution is 7.59. The van der Waals surface area contributed by atoms with E-state index in [0.29, 0.717) is 13.0 Å². The average Bonchev–Trinajstić information content (AvgIpc) is 2.50. The molecule has 0 spiro atoms. The Kier molecular flexibility index (Phi) is 4.93. The predicted octanol–water partition coefficient (Wildman–Crippen LogP) is -0.478. The fourth-order valence-electron chi connectivity index (χ4n) is 1.55. The van der Waals surface area contributed by atoms with Gasteiger partial charge < -0.3 is 15.7 Å². The molecule has 1 fully saturated rings. The molecule has 1 aliphatic heterocycles. The molecule has 2 atom stereocenters. The summed E-state index contributed by atoms with van der Waals surface area (Å²) in [5, 5.41) is 8.78. The van der Waals surface area contributed by atoms with Crippen molar-refractivity contribution in [2.24, 2.45) is 5.73 Å². The van der Waals surface area contributed by atoms with E-state index < -0.39 is 18.1 Å². The van der Waals surface area contributed by atoms with Crippen LogP contribution in [0.25, 0.3) is 0 Å². The van der Waals surface area contributed by atoms with Gasteiger partial charge in [0, 0.05) is 6.54 Å². The normalized spacial score (nSPS) is 22.7. The number of carbonyl (C=O) groups excluding carboxylic acids is 1. The third-order valence-corrected chi connectivity index (χ3v) is 2.21. The van der Waals surface area contributed by atoms with Crippen molar-refractivity contribution in [2.75, 3.05) is 6.54 Å². The molecule has 0 aromatic carbocycles. The molecule has 1 heterocycles. The van der Waals surface area contributed by atoms with Crippen molar-refractivity contribution < 1.29 is 14.7 Å². The van der Waals surface area contributed by atoms with E-state index in [0.717, 1.165) is 6.42 Å². The number of nitrogens with two attached hydrogens (primary N) is 1. The first-order valence-corrected chi connectivity index (χ1v) is 4.33. The first kappa shape index (κ1) is 13.2. The summed E-state index contributed by atoms with van der Waals surface area (Å²) >= 11 is 0. The molecule has 6 heteroatoms. The lowest BCUT2D eigenvalue weighted by Gasteiger charge is -2.22. The number of hydrogen-bond acceptors (Lipinski definition) is 3. The lowest BCUT2D eigenvalue weighted by molar-refractivity contribution is -0.148. The minimum absolute atomic E-state index is 0. The zero-order valence-electron chi connectivity index (χ0n) is 8.06. The molecule has 0 saturated carbocycles. The molecule has 2 unspecified atom stereocenters. The van der Waals surface area contributed by atoms with Crippen LogP contribution in [0.4, 0.5) is 0 Å². The van der Waals surface area contributed by atoms with Gasteiger partial charge in [-0.2, -0.15) is 13.5 Å². The van der Waals surface area contributed by atoms with Gasteiger partial charge in [-0.3, -0.25) is 4.79 Å². The maximum absolute atomic E-state index is 11.4. The van der Waals surface area contributed by atoms with Crippen LogP contribution >= 0.6 is 13.5 Å². The fourth-order valence-corrected chi connectivity index (χ4v) is 1.55. The predicted molar refractivity (Wildman–Crippen MR) is 56.4 cm³/mol. The summed E-state index contributed by atoms with van der Waals surface area (Å²) in [5.74, 6) is -1.21. The van der Waals surface area contributed by atoms with Crippen LogP contribution in [0.3, 0.4) is 0 Å². The summed E-state index contributed by atoms with van der Waals surface area (Å²) in [6.45, 7) is 2.08. The number of carboxylic acids is 1. The van der Waals surface area contributed by atoms with Gasteiger partial charge in [0.25, 0.3) is 0 Å². The van der Waals surface area contributed by atoms with Crippen molar-refractivity contribution in [2.45, 2.75) is 31.8 Å². The Hall–Kier alpha value is -0.750. The topological polar surface area (TPSA) is 83.6 Å². The van der Waals surface area contributed by atoms with Gasteiger partial charge in [-0.15, -0.1) is 0 Å². The largest absolute Gasteiger partial charge is 0.480 e. The van der Waals surface area contributed by atoms with Crippen molar-refractivity contribution in [3.05, 3.63) is 0 Å². The minimum Gasteiger partial charge on any atom is -0.480 e. The second kappa shape index (κ2) is 5.21. The van der Waals surface area contributed by atoms with E-state index in [4.69, 9.17) is 10.8 Å². The number of nitrogens with zero attached hydrogens (tertiary/aromatic N) is 1. The van der Waals surface area contributed by atoms with Gasteiger partial charge in [-0.25, -0.2) is 4.79 Å². The highest BCUT2D eigenvalue weighted by Crippen LogP contribution is 2.17. The molecule has 0 aromatic rings. The van der Waals surface area contributed by atoms with Gasteiger partial charge in [0.05, 0.1) is 6.04 Å². The summed E-state index contributed by atoms with van der Waals surface area (Å²) in [5.41, 5.74) is 5.39. The Morgan fingerprint density at radius 2 is 2.14 bits per heavy atom. The Morgan fingerprint density at radius 3 is 2.57 bits per heavy atom. The van der Waals surface area contributed by atoms with E-state index in [2.05, 4.69) is 0 Å². The van der Waals surface area contributed by atoms with Gasteiger partial charge in [-0.1, -0.05) is 0 Å². The molecule has 82 valence electrons. The molecule has 0 aliphatic carbocycles. The number of amides is 1. The van der Waals surface area contributed by atoms with Crippen molar-refractivity contribution in [3.63, 3.8) is 0 Å². The number of hydrogen-bond donors (Lipinski definition) is 2. The summed E-state index contributed by atoms with van der Waals surface area (Å²) in [6.07, 6.45) is 1.28. The molecular formula is C8H16N2O3S. The van der Waals surface area contributed by atoms with Crippen molar-refractivity contribution >= 4 is 25.4 Å². The molecule has 5 nitrogen and oxygen atoms in total. The SMILES string of the molecule is CC(N)C(=O)N1CCCC1C(=O)O.S. The highest BCUT2D eigenvalue weighted by Gasteiger charge is 2.34. The maximum Gasteiger partial charge on any atom is 0.326 e. The van der Waals surface area contributed by atoms with Gasteiger partial charge >= 0.3 is 5.97 Å². The Bertz CT molecular complexity index is 233. The highest BCUT2D eigenvalue weighted by atomic mass is 32.1. The van der Waals surface area contributed by atoms with Gasteiger partial charge in [0.2, 0.25) is 5.91 Å².